The highest BCUT2D eigenvalue weighted by atomic mass is 16.5. The lowest BCUT2D eigenvalue weighted by Crippen LogP contribution is -2.26. The molecule has 0 radical (unpaired) electrons. The summed E-state index contributed by atoms with van der Waals surface area (Å²) in [6.45, 7) is 3.14. The van der Waals surface area contributed by atoms with Crippen LogP contribution in [0.2, 0.25) is 0 Å². The van der Waals surface area contributed by atoms with Crippen LogP contribution in [0.15, 0.2) is 24.3 Å². The number of anilines is 1. The molecule has 0 bridgehead atoms. The highest BCUT2D eigenvalue weighted by Gasteiger charge is 2.06. The lowest BCUT2D eigenvalue weighted by molar-refractivity contribution is -0.116. The second kappa shape index (κ2) is 11.7. The van der Waals surface area contributed by atoms with Crippen molar-refractivity contribution in [1.29, 1.82) is 0 Å². The van der Waals surface area contributed by atoms with Crippen LogP contribution in [0.5, 0.6) is 0 Å². The molecule has 0 aliphatic heterocycles. The van der Waals surface area contributed by atoms with Gasteiger partial charge in [0.05, 0.1) is 6.61 Å². The van der Waals surface area contributed by atoms with Gasteiger partial charge >= 0.3 is 0 Å². The van der Waals surface area contributed by atoms with E-state index < -0.39 is 0 Å². The van der Waals surface area contributed by atoms with Gasteiger partial charge < -0.3 is 15.4 Å². The van der Waals surface area contributed by atoms with Gasteiger partial charge in [0.15, 0.2) is 0 Å². The molecular weight excluding hydrogens is 292 g/mol. The van der Waals surface area contributed by atoms with Gasteiger partial charge in [0.1, 0.15) is 0 Å². The molecule has 23 heavy (non-hydrogen) atoms. The third kappa shape index (κ3) is 8.35. The van der Waals surface area contributed by atoms with Crippen molar-refractivity contribution in [3.63, 3.8) is 0 Å². The summed E-state index contributed by atoms with van der Waals surface area (Å²) in [5, 5.41) is 5.61. The summed E-state index contributed by atoms with van der Waals surface area (Å²) in [7, 11) is 1.59. The Morgan fingerprint density at radius 2 is 1.74 bits per heavy atom. The summed E-state index contributed by atoms with van der Waals surface area (Å²) >= 11 is 0. The van der Waals surface area contributed by atoms with E-state index in [1.165, 1.54) is 19.3 Å². The van der Waals surface area contributed by atoms with E-state index in [0.29, 0.717) is 25.1 Å². The van der Waals surface area contributed by atoms with Crippen molar-refractivity contribution in [3.8, 4) is 0 Å². The zero-order valence-corrected chi connectivity index (χ0v) is 14.2. The van der Waals surface area contributed by atoms with Crippen LogP contribution < -0.4 is 10.6 Å². The minimum Gasteiger partial charge on any atom is -0.383 e. The highest BCUT2D eigenvalue weighted by Crippen LogP contribution is 2.11. The van der Waals surface area contributed by atoms with Gasteiger partial charge in [0.25, 0.3) is 5.91 Å². The number of hydrogen-bond acceptors (Lipinski definition) is 3. The minimum absolute atomic E-state index is 0.0267. The molecule has 0 spiro atoms. The number of ether oxygens (including phenoxy) is 1. The van der Waals surface area contributed by atoms with E-state index >= 15 is 0 Å². The number of nitrogens with one attached hydrogen (secondary N) is 2. The molecule has 1 aromatic carbocycles. The Hall–Kier alpha value is -1.88. The van der Waals surface area contributed by atoms with E-state index in [1.807, 2.05) is 0 Å². The van der Waals surface area contributed by atoms with Crippen LogP contribution in [0.3, 0.4) is 0 Å². The normalized spacial score (nSPS) is 10.3. The quantitative estimate of drug-likeness (QED) is 0.614. The Labute approximate surface area is 138 Å². The first kappa shape index (κ1) is 19.2. The van der Waals surface area contributed by atoms with Crippen LogP contribution in [-0.2, 0) is 9.53 Å². The summed E-state index contributed by atoms with van der Waals surface area (Å²) < 4.78 is 4.88. The summed E-state index contributed by atoms with van der Waals surface area (Å²) in [5.41, 5.74) is 1.29. The maximum atomic E-state index is 11.8. The highest BCUT2D eigenvalue weighted by molar-refractivity contribution is 5.95. The molecule has 0 atom stereocenters. The topological polar surface area (TPSA) is 67.4 Å². The van der Waals surface area contributed by atoms with Crippen molar-refractivity contribution >= 4 is 17.5 Å². The standard InChI is InChI=1S/C18H28N2O3/c1-3-4-5-6-7-8-17(21)20-16-11-9-15(10-12-16)18(22)19-13-14-23-2/h9-12H,3-8,13-14H2,1-2H3,(H,19,22)(H,20,21). The fourth-order valence-corrected chi connectivity index (χ4v) is 2.19. The van der Waals surface area contributed by atoms with Gasteiger partial charge in [-0.3, -0.25) is 9.59 Å². The number of benzene rings is 1. The first-order chi connectivity index (χ1) is 11.2. The predicted molar refractivity (Wildman–Crippen MR) is 92.7 cm³/mol. The fourth-order valence-electron chi connectivity index (χ4n) is 2.19. The predicted octanol–water partition coefficient (Wildman–Crippen LogP) is 3.36. The minimum atomic E-state index is -0.143. The van der Waals surface area contributed by atoms with E-state index in [0.717, 1.165) is 18.5 Å². The second-order valence-electron chi connectivity index (χ2n) is 5.54. The number of hydrogen-bond donors (Lipinski definition) is 2. The van der Waals surface area contributed by atoms with Crippen LogP contribution >= 0.6 is 0 Å². The maximum Gasteiger partial charge on any atom is 0.251 e. The van der Waals surface area contributed by atoms with Crippen LogP contribution in [0.25, 0.3) is 0 Å². The van der Waals surface area contributed by atoms with Gasteiger partial charge in [-0.15, -0.1) is 0 Å². The molecule has 0 fully saturated rings. The molecule has 2 N–H and O–H groups in total. The van der Waals surface area contributed by atoms with Crippen molar-refractivity contribution in [1.82, 2.24) is 5.32 Å². The molecule has 0 saturated carbocycles. The number of carbonyl (C=O) groups excluding carboxylic acids is 2. The van der Waals surface area contributed by atoms with Crippen LogP contribution in [-0.4, -0.2) is 32.1 Å². The zero-order chi connectivity index (χ0) is 16.9. The molecule has 0 aromatic heterocycles. The number of methoxy groups -OCH3 is 1. The SMILES string of the molecule is CCCCCCCC(=O)Nc1ccc(C(=O)NCCOC)cc1. The maximum absolute atomic E-state index is 11.8. The number of unbranched alkanes of at least 4 members (excludes halogenated alkanes) is 4. The Morgan fingerprint density at radius 3 is 2.39 bits per heavy atom. The molecule has 1 aromatic rings. The van der Waals surface area contributed by atoms with E-state index in [9.17, 15) is 9.59 Å². The summed E-state index contributed by atoms with van der Waals surface area (Å²) in [6.07, 6.45) is 6.19. The van der Waals surface area contributed by atoms with E-state index in [2.05, 4.69) is 17.6 Å². The first-order valence-electron chi connectivity index (χ1n) is 8.34. The monoisotopic (exact) mass is 320 g/mol. The lowest BCUT2D eigenvalue weighted by Gasteiger charge is -2.07. The largest absolute Gasteiger partial charge is 0.383 e. The Bertz CT molecular complexity index is 472. The Morgan fingerprint density at radius 1 is 1.04 bits per heavy atom. The van der Waals surface area contributed by atoms with Gasteiger partial charge in [-0.1, -0.05) is 32.6 Å². The van der Waals surface area contributed by atoms with Crippen LogP contribution in [0.4, 0.5) is 5.69 Å². The smallest absolute Gasteiger partial charge is 0.251 e. The van der Waals surface area contributed by atoms with Gasteiger partial charge in [0, 0.05) is 31.3 Å². The van der Waals surface area contributed by atoms with Gasteiger partial charge in [-0.2, -0.15) is 0 Å². The van der Waals surface area contributed by atoms with Crippen molar-refractivity contribution in [3.05, 3.63) is 29.8 Å². The molecule has 5 heteroatoms. The van der Waals surface area contributed by atoms with E-state index in [1.54, 1.807) is 31.4 Å². The molecule has 1 rings (SSSR count). The van der Waals surface area contributed by atoms with Crippen LogP contribution in [0.1, 0.15) is 55.8 Å². The summed E-state index contributed by atoms with van der Waals surface area (Å²) in [5.74, 6) is -0.116. The van der Waals surface area contributed by atoms with Gasteiger partial charge in [-0.25, -0.2) is 0 Å². The van der Waals surface area contributed by atoms with Gasteiger partial charge in [-0.05, 0) is 30.7 Å². The van der Waals surface area contributed by atoms with Crippen molar-refractivity contribution in [2.45, 2.75) is 45.4 Å². The number of carbonyl (C=O) groups is 2. The molecule has 0 unspecified atom stereocenters. The summed E-state index contributed by atoms with van der Waals surface area (Å²) in [6, 6.07) is 6.92. The molecule has 5 nitrogen and oxygen atoms in total. The average molecular weight is 320 g/mol. The summed E-state index contributed by atoms with van der Waals surface area (Å²) in [4.78, 5) is 23.7. The van der Waals surface area contributed by atoms with E-state index in [-0.39, 0.29) is 11.8 Å². The molecule has 0 aliphatic rings. The Balaban J connectivity index is 2.32. The second-order valence-corrected chi connectivity index (χ2v) is 5.54. The fraction of sp³-hybridized carbons (Fsp3) is 0.556. The number of amides is 2. The molecular formula is C18H28N2O3. The average Bonchev–Trinajstić information content (AvgIpc) is 2.55. The molecule has 0 heterocycles. The van der Waals surface area contributed by atoms with Crippen molar-refractivity contribution in [2.24, 2.45) is 0 Å². The van der Waals surface area contributed by atoms with Crippen molar-refractivity contribution in [2.75, 3.05) is 25.6 Å². The molecule has 2 amide bonds. The zero-order valence-electron chi connectivity index (χ0n) is 14.2. The van der Waals surface area contributed by atoms with Crippen LogP contribution in [0, 0.1) is 0 Å². The van der Waals surface area contributed by atoms with Crippen molar-refractivity contribution < 1.29 is 14.3 Å². The van der Waals surface area contributed by atoms with E-state index in [4.69, 9.17) is 4.74 Å². The molecule has 0 saturated heterocycles. The first-order valence-corrected chi connectivity index (χ1v) is 8.34. The number of rotatable bonds is 11. The lowest BCUT2D eigenvalue weighted by atomic mass is 10.1. The third-order valence-corrected chi connectivity index (χ3v) is 3.53. The third-order valence-electron chi connectivity index (χ3n) is 3.53. The molecule has 128 valence electrons. The molecule has 0 aliphatic carbocycles. The Kier molecular flexibility index (Phi) is 9.71. The van der Waals surface area contributed by atoms with Gasteiger partial charge in [0.2, 0.25) is 5.91 Å².